The summed E-state index contributed by atoms with van der Waals surface area (Å²) in [6.45, 7) is 9.39. The van der Waals surface area contributed by atoms with Gasteiger partial charge in [0.1, 0.15) is 0 Å². The zero-order valence-electron chi connectivity index (χ0n) is 6.18. The fourth-order valence-electron chi connectivity index (χ4n) is 0.497. The summed E-state index contributed by atoms with van der Waals surface area (Å²) < 4.78 is 0. The third kappa shape index (κ3) is 2.31. The van der Waals surface area contributed by atoms with Gasteiger partial charge in [0.15, 0.2) is 0 Å². The second-order valence-electron chi connectivity index (χ2n) is 2.94. The second-order valence-corrected chi connectivity index (χ2v) is 2.94. The van der Waals surface area contributed by atoms with E-state index in [2.05, 4.69) is 11.7 Å². The molecule has 0 aliphatic heterocycles. The van der Waals surface area contributed by atoms with Crippen molar-refractivity contribution < 1.29 is 5.21 Å². The van der Waals surface area contributed by atoms with Crippen molar-refractivity contribution >= 4 is 5.71 Å². The highest BCUT2D eigenvalue weighted by Crippen LogP contribution is 2.15. The molecule has 0 rings (SSSR count). The average molecular weight is 127 g/mol. The van der Waals surface area contributed by atoms with E-state index >= 15 is 0 Å². The molecule has 0 heterocycles. The lowest BCUT2D eigenvalue weighted by Gasteiger charge is -2.15. The first-order chi connectivity index (χ1) is 4.02. The van der Waals surface area contributed by atoms with Crippen LogP contribution in [0.1, 0.15) is 20.8 Å². The Morgan fingerprint density at radius 3 is 2.00 bits per heavy atom. The Morgan fingerprint density at radius 2 is 2.00 bits per heavy atom. The normalized spacial score (nSPS) is 13.4. The van der Waals surface area contributed by atoms with E-state index in [-0.39, 0.29) is 5.41 Å². The van der Waals surface area contributed by atoms with Crippen molar-refractivity contribution in [1.82, 2.24) is 0 Å². The van der Waals surface area contributed by atoms with Gasteiger partial charge in [-0.25, -0.2) is 0 Å². The minimum absolute atomic E-state index is 0.101. The van der Waals surface area contributed by atoms with Gasteiger partial charge >= 0.3 is 0 Å². The summed E-state index contributed by atoms with van der Waals surface area (Å²) in [7, 11) is 0. The summed E-state index contributed by atoms with van der Waals surface area (Å²) in [5.41, 5.74) is 0.513. The molecule has 0 saturated heterocycles. The molecule has 0 bridgehead atoms. The van der Waals surface area contributed by atoms with Gasteiger partial charge in [0, 0.05) is 5.41 Å². The molecule has 0 amide bonds. The number of allylic oxidation sites excluding steroid dienone is 1. The smallest absolute Gasteiger partial charge is 0.0843 e. The van der Waals surface area contributed by atoms with Crippen molar-refractivity contribution in [1.29, 1.82) is 0 Å². The molecular formula is C7H13NO. The molecular weight excluding hydrogens is 114 g/mol. The van der Waals surface area contributed by atoms with E-state index in [1.165, 1.54) is 0 Å². The highest BCUT2D eigenvalue weighted by Gasteiger charge is 2.15. The van der Waals surface area contributed by atoms with E-state index in [0.717, 1.165) is 0 Å². The van der Waals surface area contributed by atoms with Crippen LogP contribution in [0, 0.1) is 5.41 Å². The van der Waals surface area contributed by atoms with Crippen molar-refractivity contribution in [2.75, 3.05) is 0 Å². The molecule has 2 heteroatoms. The first-order valence-corrected chi connectivity index (χ1v) is 2.87. The van der Waals surface area contributed by atoms with E-state index < -0.39 is 0 Å². The van der Waals surface area contributed by atoms with Crippen LogP contribution in [-0.2, 0) is 0 Å². The summed E-state index contributed by atoms with van der Waals surface area (Å²) in [6.07, 6.45) is 1.56. The van der Waals surface area contributed by atoms with Gasteiger partial charge in [0.05, 0.1) is 5.71 Å². The van der Waals surface area contributed by atoms with Crippen LogP contribution in [0.25, 0.3) is 0 Å². The van der Waals surface area contributed by atoms with Crippen LogP contribution >= 0.6 is 0 Å². The van der Waals surface area contributed by atoms with Crippen molar-refractivity contribution in [3.05, 3.63) is 12.7 Å². The standard InChI is InChI=1S/C7H13NO/c1-5-6(8-9)7(2,3)4/h5,9H,1H2,2-4H3/b8-6+. The SMILES string of the molecule is C=C/C(=N\O)C(C)(C)C. The van der Waals surface area contributed by atoms with Gasteiger partial charge in [-0.05, 0) is 6.08 Å². The first kappa shape index (κ1) is 8.21. The average Bonchev–Trinajstić information content (AvgIpc) is 1.65. The Bertz CT molecular complexity index is 130. The minimum Gasteiger partial charge on any atom is -0.411 e. The number of hydrogen-bond donors (Lipinski definition) is 1. The summed E-state index contributed by atoms with van der Waals surface area (Å²) >= 11 is 0. The number of hydrogen-bond acceptors (Lipinski definition) is 2. The van der Waals surface area contributed by atoms with E-state index in [0.29, 0.717) is 5.71 Å². The van der Waals surface area contributed by atoms with Gasteiger partial charge < -0.3 is 5.21 Å². The summed E-state index contributed by atoms with van der Waals surface area (Å²) in [5.74, 6) is 0. The Labute approximate surface area is 55.9 Å². The zero-order chi connectivity index (χ0) is 7.49. The van der Waals surface area contributed by atoms with Crippen molar-refractivity contribution in [2.45, 2.75) is 20.8 Å². The summed E-state index contributed by atoms with van der Waals surface area (Å²) in [5, 5.41) is 11.5. The monoisotopic (exact) mass is 127 g/mol. The Hall–Kier alpha value is -0.790. The fourth-order valence-corrected chi connectivity index (χ4v) is 0.497. The molecule has 0 aromatic heterocycles. The molecule has 0 aliphatic carbocycles. The lowest BCUT2D eigenvalue weighted by atomic mass is 9.90. The van der Waals surface area contributed by atoms with Gasteiger partial charge in [-0.2, -0.15) is 0 Å². The quantitative estimate of drug-likeness (QED) is 0.326. The van der Waals surface area contributed by atoms with Crippen LogP contribution in [0.5, 0.6) is 0 Å². The Balaban J connectivity index is 4.32. The van der Waals surface area contributed by atoms with Gasteiger partial charge in [-0.1, -0.05) is 32.5 Å². The lowest BCUT2D eigenvalue weighted by Crippen LogP contribution is -2.17. The van der Waals surface area contributed by atoms with Gasteiger partial charge in [0.25, 0.3) is 0 Å². The number of nitrogens with zero attached hydrogens (tertiary/aromatic N) is 1. The van der Waals surface area contributed by atoms with Crippen molar-refractivity contribution in [3.8, 4) is 0 Å². The molecule has 2 nitrogen and oxygen atoms in total. The van der Waals surface area contributed by atoms with Crippen molar-refractivity contribution in [3.63, 3.8) is 0 Å². The van der Waals surface area contributed by atoms with Crippen LogP contribution in [0.3, 0.4) is 0 Å². The van der Waals surface area contributed by atoms with E-state index in [9.17, 15) is 0 Å². The second kappa shape index (κ2) is 2.67. The minimum atomic E-state index is -0.101. The van der Waals surface area contributed by atoms with E-state index in [4.69, 9.17) is 5.21 Å². The zero-order valence-corrected chi connectivity index (χ0v) is 6.18. The molecule has 1 N–H and O–H groups in total. The maximum atomic E-state index is 8.38. The van der Waals surface area contributed by atoms with Gasteiger partial charge in [-0.3, -0.25) is 0 Å². The highest BCUT2D eigenvalue weighted by atomic mass is 16.4. The van der Waals surface area contributed by atoms with Crippen LogP contribution in [0.4, 0.5) is 0 Å². The topological polar surface area (TPSA) is 32.6 Å². The summed E-state index contributed by atoms with van der Waals surface area (Å²) in [6, 6.07) is 0. The molecule has 0 fully saturated rings. The molecule has 0 atom stereocenters. The molecule has 0 aromatic carbocycles. The van der Waals surface area contributed by atoms with Crippen LogP contribution in [0.2, 0.25) is 0 Å². The van der Waals surface area contributed by atoms with Crippen molar-refractivity contribution in [2.24, 2.45) is 10.6 Å². The maximum Gasteiger partial charge on any atom is 0.0843 e. The van der Waals surface area contributed by atoms with E-state index in [1.54, 1.807) is 6.08 Å². The molecule has 0 radical (unpaired) electrons. The van der Waals surface area contributed by atoms with Gasteiger partial charge in [-0.15, -0.1) is 0 Å². The number of rotatable bonds is 1. The summed E-state index contributed by atoms with van der Waals surface area (Å²) in [4.78, 5) is 0. The molecule has 0 aromatic rings. The highest BCUT2D eigenvalue weighted by molar-refractivity contribution is 5.97. The number of oxime groups is 1. The third-order valence-corrected chi connectivity index (χ3v) is 1.07. The molecule has 9 heavy (non-hydrogen) atoms. The maximum absolute atomic E-state index is 8.38. The van der Waals surface area contributed by atoms with E-state index in [1.807, 2.05) is 20.8 Å². The van der Waals surface area contributed by atoms with Crippen LogP contribution in [-0.4, -0.2) is 10.9 Å². The molecule has 0 saturated carbocycles. The molecule has 0 spiro atoms. The Morgan fingerprint density at radius 1 is 1.56 bits per heavy atom. The molecule has 0 aliphatic rings. The lowest BCUT2D eigenvalue weighted by molar-refractivity contribution is 0.312. The Kier molecular flexibility index (Phi) is 2.43. The predicted molar refractivity (Wildman–Crippen MR) is 38.9 cm³/mol. The van der Waals surface area contributed by atoms with Gasteiger partial charge in [0.2, 0.25) is 0 Å². The van der Waals surface area contributed by atoms with Crippen LogP contribution in [0.15, 0.2) is 17.8 Å². The fraction of sp³-hybridized carbons (Fsp3) is 0.571. The predicted octanol–water partition coefficient (Wildman–Crippen LogP) is 2.05. The first-order valence-electron chi connectivity index (χ1n) is 2.87. The molecule has 52 valence electrons. The third-order valence-electron chi connectivity index (χ3n) is 1.07. The largest absolute Gasteiger partial charge is 0.411 e. The molecule has 0 unspecified atom stereocenters. The van der Waals surface area contributed by atoms with Crippen LogP contribution < -0.4 is 0 Å².